The van der Waals surface area contributed by atoms with Crippen LogP contribution in [0.25, 0.3) is 0 Å². The highest BCUT2D eigenvalue weighted by atomic mass is 16.6. The van der Waals surface area contributed by atoms with E-state index in [1.54, 1.807) is 12.1 Å². The summed E-state index contributed by atoms with van der Waals surface area (Å²) in [4.78, 5) is 25.0. The number of amides is 1. The lowest BCUT2D eigenvalue weighted by Gasteiger charge is -2.36. The standard InChI is InChI=1S/C18H27N3O4/c1-13(15-7-5-6-8-16(15)21(23)24)20-11-9-14(10-12-20)19-17(22)25-18(2,3)4/h5-8,13-14H,9-12H2,1-4H3,(H,19,22)/t13-/m0/s1. The van der Waals surface area contributed by atoms with E-state index in [1.807, 2.05) is 39.8 Å². The molecule has 25 heavy (non-hydrogen) atoms. The first-order valence-corrected chi connectivity index (χ1v) is 8.64. The maximum absolute atomic E-state index is 11.9. The molecule has 7 nitrogen and oxygen atoms in total. The molecule has 1 saturated heterocycles. The van der Waals surface area contributed by atoms with E-state index in [9.17, 15) is 14.9 Å². The molecule has 1 aliphatic heterocycles. The normalized spacial score (nSPS) is 17.8. The number of nitro groups is 1. The second kappa shape index (κ2) is 7.82. The summed E-state index contributed by atoms with van der Waals surface area (Å²) in [5.41, 5.74) is 0.376. The van der Waals surface area contributed by atoms with Crippen molar-refractivity contribution in [2.45, 2.75) is 58.2 Å². The second-order valence-electron chi connectivity index (χ2n) is 7.45. The van der Waals surface area contributed by atoms with Gasteiger partial charge in [0.15, 0.2) is 0 Å². The van der Waals surface area contributed by atoms with Crippen molar-refractivity contribution < 1.29 is 14.5 Å². The molecule has 1 fully saturated rings. The van der Waals surface area contributed by atoms with Gasteiger partial charge in [0.1, 0.15) is 5.60 Å². The Hall–Kier alpha value is -2.15. The smallest absolute Gasteiger partial charge is 0.407 e. The Morgan fingerprint density at radius 2 is 1.92 bits per heavy atom. The van der Waals surface area contributed by atoms with Crippen molar-refractivity contribution in [2.24, 2.45) is 0 Å². The number of ether oxygens (including phenoxy) is 1. The summed E-state index contributed by atoms with van der Waals surface area (Å²) in [6.45, 7) is 9.04. The number of nitrogens with one attached hydrogen (secondary N) is 1. The maximum Gasteiger partial charge on any atom is 0.407 e. The quantitative estimate of drug-likeness (QED) is 0.662. The summed E-state index contributed by atoms with van der Waals surface area (Å²) >= 11 is 0. The first kappa shape index (κ1) is 19.2. The van der Waals surface area contributed by atoms with Gasteiger partial charge in [-0.05, 0) is 40.5 Å². The van der Waals surface area contributed by atoms with E-state index >= 15 is 0 Å². The van der Waals surface area contributed by atoms with Crippen LogP contribution in [-0.2, 0) is 4.74 Å². The zero-order valence-corrected chi connectivity index (χ0v) is 15.3. The lowest BCUT2D eigenvalue weighted by molar-refractivity contribution is -0.386. The third kappa shape index (κ3) is 5.42. The molecule has 1 heterocycles. The Morgan fingerprint density at radius 3 is 2.48 bits per heavy atom. The Labute approximate surface area is 148 Å². The van der Waals surface area contributed by atoms with E-state index in [0.717, 1.165) is 31.5 Å². The highest BCUT2D eigenvalue weighted by Crippen LogP contribution is 2.30. The minimum absolute atomic E-state index is 0.0379. The van der Waals surface area contributed by atoms with Crippen LogP contribution in [0.15, 0.2) is 24.3 Å². The van der Waals surface area contributed by atoms with E-state index in [4.69, 9.17) is 4.74 Å². The molecule has 0 radical (unpaired) electrons. The Morgan fingerprint density at radius 1 is 1.32 bits per heavy atom. The van der Waals surface area contributed by atoms with Crippen molar-refractivity contribution in [1.29, 1.82) is 0 Å². The largest absolute Gasteiger partial charge is 0.444 e. The zero-order chi connectivity index (χ0) is 18.6. The summed E-state index contributed by atoms with van der Waals surface area (Å²) in [5, 5.41) is 14.1. The summed E-state index contributed by atoms with van der Waals surface area (Å²) in [6.07, 6.45) is 1.20. The molecule has 0 saturated carbocycles. The van der Waals surface area contributed by atoms with Crippen LogP contribution in [0.4, 0.5) is 10.5 Å². The second-order valence-corrected chi connectivity index (χ2v) is 7.45. The molecule has 138 valence electrons. The van der Waals surface area contributed by atoms with Gasteiger partial charge in [-0.1, -0.05) is 18.2 Å². The number of rotatable bonds is 4. The molecule has 1 atom stereocenters. The third-order valence-electron chi connectivity index (χ3n) is 4.38. The van der Waals surface area contributed by atoms with Crippen LogP contribution in [0.5, 0.6) is 0 Å². The van der Waals surface area contributed by atoms with Gasteiger partial charge in [0.2, 0.25) is 0 Å². The first-order chi connectivity index (χ1) is 11.7. The molecule has 2 rings (SSSR count). The van der Waals surface area contributed by atoms with Crippen LogP contribution in [-0.4, -0.2) is 40.6 Å². The minimum Gasteiger partial charge on any atom is -0.444 e. The van der Waals surface area contributed by atoms with Crippen molar-refractivity contribution in [3.63, 3.8) is 0 Å². The van der Waals surface area contributed by atoms with E-state index in [2.05, 4.69) is 10.2 Å². The number of para-hydroxylation sites is 1. The summed E-state index contributed by atoms with van der Waals surface area (Å²) in [6, 6.07) is 6.91. The molecule has 1 aromatic rings. The first-order valence-electron chi connectivity index (χ1n) is 8.64. The number of nitro benzene ring substituents is 1. The van der Waals surface area contributed by atoms with Gasteiger partial charge in [0.25, 0.3) is 5.69 Å². The van der Waals surface area contributed by atoms with Gasteiger partial charge in [-0.3, -0.25) is 15.0 Å². The van der Waals surface area contributed by atoms with Crippen molar-refractivity contribution in [2.75, 3.05) is 13.1 Å². The Balaban J connectivity index is 1.92. The number of carbonyl (C=O) groups excluding carboxylic acids is 1. The van der Waals surface area contributed by atoms with Crippen molar-refractivity contribution in [3.8, 4) is 0 Å². The van der Waals surface area contributed by atoms with Crippen molar-refractivity contribution in [1.82, 2.24) is 10.2 Å². The van der Waals surface area contributed by atoms with Crippen LogP contribution in [0.2, 0.25) is 0 Å². The third-order valence-corrected chi connectivity index (χ3v) is 4.38. The Kier molecular flexibility index (Phi) is 6.00. The molecular weight excluding hydrogens is 322 g/mol. The number of likely N-dealkylation sites (tertiary alicyclic amines) is 1. The van der Waals surface area contributed by atoms with E-state index in [-0.39, 0.29) is 22.7 Å². The molecule has 1 aromatic carbocycles. The molecule has 0 spiro atoms. The van der Waals surface area contributed by atoms with Gasteiger partial charge in [-0.25, -0.2) is 4.79 Å². The van der Waals surface area contributed by atoms with Gasteiger partial charge in [0.05, 0.1) is 4.92 Å². The number of hydrogen-bond acceptors (Lipinski definition) is 5. The van der Waals surface area contributed by atoms with Crippen molar-refractivity contribution >= 4 is 11.8 Å². The fourth-order valence-corrected chi connectivity index (χ4v) is 3.11. The highest BCUT2D eigenvalue weighted by molar-refractivity contribution is 5.68. The van der Waals surface area contributed by atoms with Crippen LogP contribution in [0.3, 0.4) is 0 Å². The molecule has 0 aromatic heterocycles. The number of alkyl carbamates (subject to hydrolysis) is 1. The topological polar surface area (TPSA) is 84.7 Å². The van der Waals surface area contributed by atoms with Crippen LogP contribution in [0, 0.1) is 10.1 Å². The lowest BCUT2D eigenvalue weighted by atomic mass is 9.99. The molecule has 1 N–H and O–H groups in total. The fourth-order valence-electron chi connectivity index (χ4n) is 3.11. The predicted octanol–water partition coefficient (Wildman–Crippen LogP) is 3.64. The van der Waals surface area contributed by atoms with Crippen LogP contribution >= 0.6 is 0 Å². The number of hydrogen-bond donors (Lipinski definition) is 1. The molecular formula is C18H27N3O4. The highest BCUT2D eigenvalue weighted by Gasteiger charge is 2.28. The van der Waals surface area contributed by atoms with E-state index in [0.29, 0.717) is 0 Å². The van der Waals surface area contributed by atoms with Gasteiger partial charge in [-0.2, -0.15) is 0 Å². The monoisotopic (exact) mass is 349 g/mol. The number of carbonyl (C=O) groups is 1. The average Bonchev–Trinajstić information content (AvgIpc) is 2.53. The van der Waals surface area contributed by atoms with Gasteiger partial charge >= 0.3 is 6.09 Å². The molecule has 0 bridgehead atoms. The molecule has 7 heteroatoms. The number of benzene rings is 1. The van der Waals surface area contributed by atoms with Gasteiger partial charge < -0.3 is 10.1 Å². The SMILES string of the molecule is C[C@@H](c1ccccc1[N+](=O)[O-])N1CCC(NC(=O)OC(C)(C)C)CC1. The average molecular weight is 349 g/mol. The predicted molar refractivity (Wildman–Crippen MR) is 95.5 cm³/mol. The van der Waals surface area contributed by atoms with Gasteiger partial charge in [0, 0.05) is 36.8 Å². The Bertz CT molecular complexity index is 619. The maximum atomic E-state index is 11.9. The van der Waals surface area contributed by atoms with E-state index in [1.165, 1.54) is 0 Å². The molecule has 0 aliphatic carbocycles. The lowest BCUT2D eigenvalue weighted by Crippen LogP contribution is -2.46. The molecule has 0 unspecified atom stereocenters. The molecule has 1 amide bonds. The van der Waals surface area contributed by atoms with Gasteiger partial charge in [-0.15, -0.1) is 0 Å². The summed E-state index contributed by atoms with van der Waals surface area (Å²) < 4.78 is 5.29. The summed E-state index contributed by atoms with van der Waals surface area (Å²) in [5.74, 6) is 0. The van der Waals surface area contributed by atoms with Crippen LogP contribution in [0.1, 0.15) is 52.1 Å². The fraction of sp³-hybridized carbons (Fsp3) is 0.611. The van der Waals surface area contributed by atoms with Crippen molar-refractivity contribution in [3.05, 3.63) is 39.9 Å². The molecule has 1 aliphatic rings. The number of nitrogens with zero attached hydrogens (tertiary/aromatic N) is 2. The minimum atomic E-state index is -0.508. The van der Waals surface area contributed by atoms with E-state index < -0.39 is 11.7 Å². The number of piperidine rings is 1. The zero-order valence-electron chi connectivity index (χ0n) is 15.3. The summed E-state index contributed by atoms with van der Waals surface area (Å²) in [7, 11) is 0. The van der Waals surface area contributed by atoms with Crippen LogP contribution < -0.4 is 5.32 Å².